The molecular weight excluding hydrogens is 302 g/mol. The summed E-state index contributed by atoms with van der Waals surface area (Å²) in [4.78, 5) is 12.1. The number of benzene rings is 1. The molecule has 23 heavy (non-hydrogen) atoms. The van der Waals surface area contributed by atoms with Crippen molar-refractivity contribution >= 4 is 24.1 Å². The number of carbonyl (C=O) groups is 1. The van der Waals surface area contributed by atoms with Crippen LogP contribution in [0.25, 0.3) is 6.08 Å². The van der Waals surface area contributed by atoms with Crippen molar-refractivity contribution in [3.8, 4) is 0 Å². The molecule has 0 bridgehead atoms. The van der Waals surface area contributed by atoms with Gasteiger partial charge in [-0.25, -0.2) is 0 Å². The van der Waals surface area contributed by atoms with Gasteiger partial charge in [0.05, 0.1) is 0 Å². The van der Waals surface area contributed by atoms with Crippen LogP contribution in [0.3, 0.4) is 0 Å². The number of rotatable bonds is 5. The van der Waals surface area contributed by atoms with E-state index in [9.17, 15) is 4.79 Å². The summed E-state index contributed by atoms with van der Waals surface area (Å²) in [7, 11) is 1.89. The van der Waals surface area contributed by atoms with E-state index in [-0.39, 0.29) is 10.8 Å². The summed E-state index contributed by atoms with van der Waals surface area (Å²) in [6.45, 7) is 11.5. The molecule has 126 valence electrons. The van der Waals surface area contributed by atoms with Crippen LogP contribution >= 0.6 is 11.8 Å². The molecule has 0 atom stereocenters. The Morgan fingerprint density at radius 1 is 1.17 bits per heavy atom. The largest absolute Gasteiger partial charge is 0.311 e. The number of nitrogens with one attached hydrogen (secondary N) is 1. The van der Waals surface area contributed by atoms with Crippen molar-refractivity contribution in [2.45, 2.75) is 58.3 Å². The van der Waals surface area contributed by atoms with Crippen molar-refractivity contribution < 1.29 is 4.79 Å². The number of hydrogen-bond donors (Lipinski definition) is 1. The van der Waals surface area contributed by atoms with Crippen LogP contribution in [0.4, 0.5) is 0 Å². The van der Waals surface area contributed by atoms with E-state index < -0.39 is 0 Å². The highest BCUT2D eigenvalue weighted by atomic mass is 32.2. The van der Waals surface area contributed by atoms with Crippen molar-refractivity contribution in [3.05, 3.63) is 39.3 Å². The summed E-state index contributed by atoms with van der Waals surface area (Å²) in [5.74, 6) is 0.743. The van der Waals surface area contributed by atoms with Crippen molar-refractivity contribution in [2.24, 2.45) is 0 Å². The predicted octanol–water partition coefficient (Wildman–Crippen LogP) is 4.79. The van der Waals surface area contributed by atoms with Gasteiger partial charge >= 0.3 is 0 Å². The Hall–Kier alpha value is -1.06. The second kappa shape index (κ2) is 6.82. The Bertz CT molecular complexity index is 629. The zero-order chi connectivity index (χ0) is 17.3. The Labute approximate surface area is 145 Å². The molecule has 0 fully saturated rings. The fraction of sp³-hybridized carbons (Fsp3) is 0.550. The molecule has 1 aromatic carbocycles. The van der Waals surface area contributed by atoms with Crippen LogP contribution in [-0.4, -0.2) is 19.2 Å². The number of fused-ring (bicyclic) bond motifs is 1. The summed E-state index contributed by atoms with van der Waals surface area (Å²) in [6.07, 6.45) is 5.41. The van der Waals surface area contributed by atoms with Crippen LogP contribution in [0.15, 0.2) is 17.0 Å². The Morgan fingerprint density at radius 3 is 2.26 bits per heavy atom. The van der Waals surface area contributed by atoms with Crippen LogP contribution in [0, 0.1) is 6.92 Å². The first-order valence-corrected chi connectivity index (χ1v) is 9.30. The monoisotopic (exact) mass is 331 g/mol. The highest BCUT2D eigenvalue weighted by molar-refractivity contribution is 8.03. The first-order chi connectivity index (χ1) is 10.7. The minimum absolute atomic E-state index is 0.195. The lowest BCUT2D eigenvalue weighted by Gasteiger charge is -2.42. The van der Waals surface area contributed by atoms with E-state index in [4.69, 9.17) is 0 Å². The van der Waals surface area contributed by atoms with E-state index in [1.54, 1.807) is 11.8 Å². The van der Waals surface area contributed by atoms with Gasteiger partial charge in [-0.2, -0.15) is 0 Å². The van der Waals surface area contributed by atoms with E-state index in [0.717, 1.165) is 17.1 Å². The first-order valence-electron chi connectivity index (χ1n) is 8.31. The minimum Gasteiger partial charge on any atom is -0.311 e. The third kappa shape index (κ3) is 3.89. The number of allylic oxidation sites excluding steroid dienone is 1. The highest BCUT2D eigenvalue weighted by Gasteiger charge is 2.37. The summed E-state index contributed by atoms with van der Waals surface area (Å²) >= 11 is 1.54. The van der Waals surface area contributed by atoms with Crippen molar-refractivity contribution in [2.75, 3.05) is 12.9 Å². The topological polar surface area (TPSA) is 29.1 Å². The summed E-state index contributed by atoms with van der Waals surface area (Å²) < 4.78 is 0. The quantitative estimate of drug-likeness (QED) is 0.478. The lowest BCUT2D eigenvalue weighted by Crippen LogP contribution is -2.34. The van der Waals surface area contributed by atoms with E-state index in [1.807, 2.05) is 13.1 Å². The molecule has 0 unspecified atom stereocenters. The maximum atomic E-state index is 11.3. The summed E-state index contributed by atoms with van der Waals surface area (Å²) in [6, 6.07) is 4.66. The molecular formula is C20H29NOS. The van der Waals surface area contributed by atoms with E-state index in [0.29, 0.717) is 0 Å². The number of hydrogen-bond acceptors (Lipinski definition) is 3. The van der Waals surface area contributed by atoms with Crippen LogP contribution < -0.4 is 5.32 Å². The van der Waals surface area contributed by atoms with Gasteiger partial charge in [-0.15, -0.1) is 11.8 Å². The zero-order valence-corrected chi connectivity index (χ0v) is 16.1. The molecule has 1 aliphatic carbocycles. The van der Waals surface area contributed by atoms with Gasteiger partial charge in [-0.1, -0.05) is 39.8 Å². The fourth-order valence-corrected chi connectivity index (χ4v) is 3.90. The van der Waals surface area contributed by atoms with Gasteiger partial charge in [0.25, 0.3) is 0 Å². The zero-order valence-electron chi connectivity index (χ0n) is 15.2. The smallest absolute Gasteiger partial charge is 0.156 e. The molecule has 1 aliphatic rings. The number of aryl methyl sites for hydroxylation is 1. The van der Waals surface area contributed by atoms with Gasteiger partial charge in [0.15, 0.2) is 6.29 Å². The van der Waals surface area contributed by atoms with E-state index in [2.05, 4.69) is 52.1 Å². The lowest BCUT2D eigenvalue weighted by atomic mass is 9.62. The lowest BCUT2D eigenvalue weighted by molar-refractivity contribution is -0.104. The third-order valence-electron chi connectivity index (χ3n) is 5.04. The number of thioether (sulfide) groups is 1. The van der Waals surface area contributed by atoms with Crippen LogP contribution in [0.2, 0.25) is 0 Å². The first kappa shape index (κ1) is 18.3. The van der Waals surface area contributed by atoms with Crippen LogP contribution in [0.1, 0.15) is 62.8 Å². The molecule has 0 aromatic heterocycles. The molecule has 0 heterocycles. The number of aldehydes is 1. The van der Waals surface area contributed by atoms with Gasteiger partial charge in [-0.05, 0) is 66.0 Å². The maximum Gasteiger partial charge on any atom is 0.156 e. The summed E-state index contributed by atoms with van der Waals surface area (Å²) in [5.41, 5.74) is 5.75. The standard InChI is InChI=1S/C20H29NOS/c1-14-9-17-18(20(4,5)8-7-19(17,2)3)11-15(14)10-16(12-22)23-13-21-6/h9-12,21H,7-8,13H2,1-6H3/b16-10+. The SMILES string of the molecule is CNCS/C(C=O)=C/c1cc2c(cc1C)C(C)(C)CCC2(C)C. The van der Waals surface area contributed by atoms with Gasteiger partial charge in [0.2, 0.25) is 0 Å². The maximum absolute atomic E-state index is 11.3. The Kier molecular flexibility index (Phi) is 5.42. The molecule has 3 heteroatoms. The second-order valence-corrected chi connectivity index (χ2v) is 8.88. The third-order valence-corrected chi connectivity index (χ3v) is 6.02. The van der Waals surface area contributed by atoms with E-state index in [1.165, 1.54) is 35.1 Å². The molecule has 1 N–H and O–H groups in total. The molecule has 0 saturated carbocycles. The van der Waals surface area contributed by atoms with Crippen LogP contribution in [0.5, 0.6) is 0 Å². The normalized spacial score (nSPS) is 19.3. The number of carbonyl (C=O) groups excluding carboxylic acids is 1. The predicted molar refractivity (Wildman–Crippen MR) is 102 cm³/mol. The second-order valence-electron chi connectivity index (χ2n) is 7.83. The molecule has 1 aromatic rings. The van der Waals surface area contributed by atoms with Gasteiger partial charge in [0.1, 0.15) is 0 Å². The molecule has 2 nitrogen and oxygen atoms in total. The van der Waals surface area contributed by atoms with Crippen molar-refractivity contribution in [1.82, 2.24) is 5.32 Å². The van der Waals surface area contributed by atoms with Gasteiger partial charge in [0, 0.05) is 10.8 Å². The highest BCUT2D eigenvalue weighted by Crippen LogP contribution is 2.46. The van der Waals surface area contributed by atoms with Crippen molar-refractivity contribution in [3.63, 3.8) is 0 Å². The fourth-order valence-electron chi connectivity index (χ4n) is 3.31. The Morgan fingerprint density at radius 2 is 1.74 bits per heavy atom. The average molecular weight is 332 g/mol. The van der Waals surface area contributed by atoms with Crippen molar-refractivity contribution in [1.29, 1.82) is 0 Å². The molecule has 2 rings (SSSR count). The minimum atomic E-state index is 0.195. The molecule has 0 spiro atoms. The Balaban J connectivity index is 2.52. The van der Waals surface area contributed by atoms with Gasteiger partial charge < -0.3 is 5.32 Å². The molecule has 0 aliphatic heterocycles. The van der Waals surface area contributed by atoms with E-state index >= 15 is 0 Å². The molecule has 0 amide bonds. The van der Waals surface area contributed by atoms with Gasteiger partial charge in [-0.3, -0.25) is 4.79 Å². The van der Waals surface area contributed by atoms with Crippen LogP contribution in [-0.2, 0) is 15.6 Å². The summed E-state index contributed by atoms with van der Waals surface area (Å²) in [5, 5.41) is 3.07. The molecule has 0 radical (unpaired) electrons. The average Bonchev–Trinajstić information content (AvgIpc) is 2.49. The molecule has 0 saturated heterocycles.